The molecule has 4 heteroatoms. The molecule has 0 aromatic carbocycles. The summed E-state index contributed by atoms with van der Waals surface area (Å²) in [5.74, 6) is 0. The van der Waals surface area contributed by atoms with Gasteiger partial charge in [0.05, 0.1) is 3.79 Å². The number of hydrogen-bond acceptors (Lipinski definition) is 3. The van der Waals surface area contributed by atoms with Crippen molar-refractivity contribution in [1.82, 2.24) is 4.90 Å². The first-order valence-corrected chi connectivity index (χ1v) is 6.49. The number of nitrogens with zero attached hydrogens (tertiary/aromatic N) is 1. The van der Waals surface area contributed by atoms with E-state index in [0.29, 0.717) is 0 Å². The number of hydrogen-bond donors (Lipinski definition) is 1. The zero-order chi connectivity index (χ0) is 10.4. The van der Waals surface area contributed by atoms with Gasteiger partial charge in [-0.1, -0.05) is 6.92 Å². The van der Waals surface area contributed by atoms with Gasteiger partial charge in [-0.05, 0) is 45.9 Å². The van der Waals surface area contributed by atoms with E-state index in [-0.39, 0.29) is 6.61 Å². The van der Waals surface area contributed by atoms with E-state index in [1.54, 1.807) is 11.3 Å². The summed E-state index contributed by atoms with van der Waals surface area (Å²) in [7, 11) is 0. The van der Waals surface area contributed by atoms with Gasteiger partial charge < -0.3 is 5.11 Å². The van der Waals surface area contributed by atoms with Gasteiger partial charge in [0.2, 0.25) is 0 Å². The molecule has 0 aliphatic carbocycles. The van der Waals surface area contributed by atoms with Crippen molar-refractivity contribution in [1.29, 1.82) is 0 Å². The minimum absolute atomic E-state index is 0.282. The lowest BCUT2D eigenvalue weighted by Crippen LogP contribution is -2.24. The van der Waals surface area contributed by atoms with E-state index in [0.717, 1.165) is 26.1 Å². The van der Waals surface area contributed by atoms with Crippen molar-refractivity contribution in [3.63, 3.8) is 0 Å². The molecular weight excluding hydrogens is 262 g/mol. The predicted molar refractivity (Wildman–Crippen MR) is 64.7 cm³/mol. The molecule has 1 heterocycles. The van der Waals surface area contributed by atoms with Gasteiger partial charge in [-0.15, -0.1) is 11.3 Å². The molecule has 2 nitrogen and oxygen atoms in total. The van der Waals surface area contributed by atoms with E-state index in [2.05, 4.69) is 39.2 Å². The number of rotatable bonds is 6. The lowest BCUT2D eigenvalue weighted by atomic mass is 10.3. The van der Waals surface area contributed by atoms with Crippen molar-refractivity contribution >= 4 is 27.3 Å². The van der Waals surface area contributed by atoms with Crippen LogP contribution in [0, 0.1) is 0 Å². The molecule has 0 saturated heterocycles. The van der Waals surface area contributed by atoms with E-state index in [4.69, 9.17) is 5.11 Å². The molecule has 0 amide bonds. The highest BCUT2D eigenvalue weighted by molar-refractivity contribution is 9.11. The third kappa shape index (κ3) is 4.09. The van der Waals surface area contributed by atoms with Crippen molar-refractivity contribution in [2.45, 2.75) is 19.9 Å². The van der Waals surface area contributed by atoms with E-state index < -0.39 is 0 Å². The molecule has 80 valence electrons. The minimum atomic E-state index is 0.282. The van der Waals surface area contributed by atoms with Gasteiger partial charge in [0, 0.05) is 19.7 Å². The van der Waals surface area contributed by atoms with E-state index in [1.807, 2.05) is 0 Å². The normalized spacial score (nSPS) is 11.1. The molecule has 0 atom stereocenters. The lowest BCUT2D eigenvalue weighted by molar-refractivity contribution is 0.225. The summed E-state index contributed by atoms with van der Waals surface area (Å²) < 4.78 is 1.19. The molecular formula is C10H16BrNOS. The third-order valence-electron chi connectivity index (χ3n) is 2.11. The maximum atomic E-state index is 8.75. The van der Waals surface area contributed by atoms with Crippen molar-refractivity contribution in [3.8, 4) is 0 Å². The van der Waals surface area contributed by atoms with Crippen molar-refractivity contribution in [2.75, 3.05) is 19.7 Å². The van der Waals surface area contributed by atoms with E-state index in [1.165, 1.54) is 9.35 Å². The van der Waals surface area contributed by atoms with Crippen LogP contribution in [0.5, 0.6) is 0 Å². The largest absolute Gasteiger partial charge is 0.396 e. The minimum Gasteiger partial charge on any atom is -0.396 e. The maximum absolute atomic E-state index is 8.75. The fourth-order valence-corrected chi connectivity index (χ4v) is 2.53. The number of aliphatic hydroxyl groups excluding tert-OH is 1. The summed E-state index contributed by atoms with van der Waals surface area (Å²) in [6.07, 6.45) is 0.860. The molecule has 0 spiro atoms. The second-order valence-corrected chi connectivity index (χ2v) is 5.50. The molecule has 0 bridgehead atoms. The Morgan fingerprint density at radius 1 is 1.57 bits per heavy atom. The Kier molecular flexibility index (Phi) is 5.70. The SMILES string of the molecule is CCN(CCCO)Cc1csc(Br)c1. The zero-order valence-corrected chi connectivity index (χ0v) is 10.8. The smallest absolute Gasteiger partial charge is 0.0701 e. The first kappa shape index (κ1) is 12.2. The lowest BCUT2D eigenvalue weighted by Gasteiger charge is -2.18. The average molecular weight is 278 g/mol. The molecule has 1 rings (SSSR count). The fraction of sp³-hybridized carbons (Fsp3) is 0.600. The van der Waals surface area contributed by atoms with Gasteiger partial charge in [-0.3, -0.25) is 4.90 Å². The number of halogens is 1. The van der Waals surface area contributed by atoms with Crippen molar-refractivity contribution in [2.24, 2.45) is 0 Å². The predicted octanol–water partition coefficient (Wildman–Crippen LogP) is 2.71. The standard InChI is InChI=1S/C10H16BrNOS/c1-2-12(4-3-5-13)7-9-6-10(11)14-8-9/h6,8,13H,2-5,7H2,1H3. The van der Waals surface area contributed by atoms with Crippen LogP contribution in [0.2, 0.25) is 0 Å². The van der Waals surface area contributed by atoms with Gasteiger partial charge in [0.25, 0.3) is 0 Å². The molecule has 0 radical (unpaired) electrons. The van der Waals surface area contributed by atoms with Gasteiger partial charge in [0.15, 0.2) is 0 Å². The summed E-state index contributed by atoms with van der Waals surface area (Å²) in [5.41, 5.74) is 1.35. The molecule has 1 aromatic heterocycles. The summed E-state index contributed by atoms with van der Waals surface area (Å²) in [6, 6.07) is 2.16. The summed E-state index contributed by atoms with van der Waals surface area (Å²) in [5, 5.41) is 10.9. The van der Waals surface area contributed by atoms with Crippen LogP contribution < -0.4 is 0 Å². The highest BCUT2D eigenvalue weighted by atomic mass is 79.9. The molecule has 0 unspecified atom stereocenters. The monoisotopic (exact) mass is 277 g/mol. The molecule has 0 aliphatic rings. The topological polar surface area (TPSA) is 23.5 Å². The summed E-state index contributed by atoms with van der Waals surface area (Å²) >= 11 is 5.18. The van der Waals surface area contributed by atoms with E-state index >= 15 is 0 Å². The van der Waals surface area contributed by atoms with Crippen LogP contribution >= 0.6 is 27.3 Å². The van der Waals surface area contributed by atoms with E-state index in [9.17, 15) is 0 Å². The van der Waals surface area contributed by atoms with Gasteiger partial charge in [-0.25, -0.2) is 0 Å². The molecule has 0 fully saturated rings. The fourth-order valence-electron chi connectivity index (χ4n) is 1.33. The Bertz CT molecular complexity index is 264. The van der Waals surface area contributed by atoms with Crippen LogP contribution in [0.1, 0.15) is 18.9 Å². The summed E-state index contributed by atoms with van der Waals surface area (Å²) in [6.45, 7) is 5.43. The zero-order valence-electron chi connectivity index (χ0n) is 8.37. The van der Waals surface area contributed by atoms with Crippen LogP contribution in [0.25, 0.3) is 0 Å². The van der Waals surface area contributed by atoms with Crippen molar-refractivity contribution < 1.29 is 5.11 Å². The first-order chi connectivity index (χ1) is 6.76. The highest BCUT2D eigenvalue weighted by Gasteiger charge is 2.04. The quantitative estimate of drug-likeness (QED) is 0.865. The number of thiophene rings is 1. The second-order valence-electron chi connectivity index (χ2n) is 3.20. The molecule has 0 aliphatic heterocycles. The Labute approximate surface area is 97.7 Å². The second kappa shape index (κ2) is 6.56. The Balaban J connectivity index is 2.40. The van der Waals surface area contributed by atoms with Crippen LogP contribution in [-0.2, 0) is 6.54 Å². The molecule has 1 aromatic rings. The van der Waals surface area contributed by atoms with Crippen molar-refractivity contribution in [3.05, 3.63) is 20.8 Å². The Morgan fingerprint density at radius 3 is 2.86 bits per heavy atom. The maximum Gasteiger partial charge on any atom is 0.0701 e. The van der Waals surface area contributed by atoms with Crippen LogP contribution in [0.3, 0.4) is 0 Å². The Morgan fingerprint density at radius 2 is 2.36 bits per heavy atom. The third-order valence-corrected chi connectivity index (χ3v) is 3.66. The molecule has 14 heavy (non-hydrogen) atoms. The summed E-state index contributed by atoms with van der Waals surface area (Å²) in [4.78, 5) is 2.34. The van der Waals surface area contributed by atoms with Crippen LogP contribution in [0.15, 0.2) is 15.2 Å². The molecule has 1 N–H and O–H groups in total. The van der Waals surface area contributed by atoms with Gasteiger partial charge in [-0.2, -0.15) is 0 Å². The Hall–Kier alpha value is 0.100. The van der Waals surface area contributed by atoms with Gasteiger partial charge >= 0.3 is 0 Å². The number of aliphatic hydroxyl groups is 1. The van der Waals surface area contributed by atoms with Gasteiger partial charge in [0.1, 0.15) is 0 Å². The molecule has 0 saturated carbocycles. The van der Waals surface area contributed by atoms with Crippen LogP contribution in [-0.4, -0.2) is 29.7 Å². The highest BCUT2D eigenvalue weighted by Crippen LogP contribution is 2.21. The van der Waals surface area contributed by atoms with Crippen LogP contribution in [0.4, 0.5) is 0 Å². The average Bonchev–Trinajstić information content (AvgIpc) is 2.58. The first-order valence-electron chi connectivity index (χ1n) is 4.82.